The lowest BCUT2D eigenvalue weighted by Crippen LogP contribution is -1.96. The van der Waals surface area contributed by atoms with Crippen LogP contribution in [0.25, 0.3) is 11.4 Å². The van der Waals surface area contributed by atoms with Crippen molar-refractivity contribution in [2.45, 2.75) is 0 Å². The molecule has 1 aromatic heterocycles. The molecular formula is C12H8N6O2. The SMILES string of the molecule is COc1nc(-c2cccc(NN=C(C#N)C#N)c2)no1. The molecule has 0 saturated carbocycles. The summed E-state index contributed by atoms with van der Waals surface area (Å²) in [5, 5.41) is 24.5. The van der Waals surface area contributed by atoms with Crippen molar-refractivity contribution in [3.63, 3.8) is 0 Å². The first-order valence-corrected chi connectivity index (χ1v) is 5.39. The number of hydrogen-bond donors (Lipinski definition) is 1. The minimum absolute atomic E-state index is 0.0626. The van der Waals surface area contributed by atoms with Gasteiger partial charge in [0.05, 0.1) is 12.8 Å². The van der Waals surface area contributed by atoms with Gasteiger partial charge in [-0.2, -0.15) is 20.6 Å². The topological polar surface area (TPSA) is 120 Å². The molecule has 0 aliphatic carbocycles. The Balaban J connectivity index is 2.23. The van der Waals surface area contributed by atoms with Crippen molar-refractivity contribution in [2.75, 3.05) is 12.5 Å². The van der Waals surface area contributed by atoms with E-state index in [0.717, 1.165) is 0 Å². The van der Waals surface area contributed by atoms with Crippen LogP contribution >= 0.6 is 0 Å². The highest BCUT2D eigenvalue weighted by molar-refractivity contribution is 6.10. The van der Waals surface area contributed by atoms with Crippen molar-refractivity contribution in [1.29, 1.82) is 10.5 Å². The maximum absolute atomic E-state index is 8.58. The van der Waals surface area contributed by atoms with E-state index in [1.165, 1.54) is 7.11 Å². The highest BCUT2D eigenvalue weighted by atomic mass is 16.6. The average molecular weight is 268 g/mol. The molecular weight excluding hydrogens is 260 g/mol. The van der Waals surface area contributed by atoms with Gasteiger partial charge in [-0.25, -0.2) is 0 Å². The van der Waals surface area contributed by atoms with Crippen LogP contribution in [0.1, 0.15) is 0 Å². The maximum Gasteiger partial charge on any atom is 0.417 e. The van der Waals surface area contributed by atoms with Crippen LogP contribution in [0, 0.1) is 22.7 Å². The van der Waals surface area contributed by atoms with Crippen molar-refractivity contribution in [3.8, 4) is 29.6 Å². The molecule has 0 spiro atoms. The third kappa shape index (κ3) is 2.89. The predicted molar refractivity (Wildman–Crippen MR) is 68.6 cm³/mol. The summed E-state index contributed by atoms with van der Waals surface area (Å²) in [5.74, 6) is 0.357. The van der Waals surface area contributed by atoms with Gasteiger partial charge in [0.2, 0.25) is 11.5 Å². The summed E-state index contributed by atoms with van der Waals surface area (Å²) in [4.78, 5) is 4.00. The highest BCUT2D eigenvalue weighted by Gasteiger charge is 2.08. The Morgan fingerprint density at radius 3 is 2.85 bits per heavy atom. The van der Waals surface area contributed by atoms with E-state index in [4.69, 9.17) is 19.8 Å². The molecule has 20 heavy (non-hydrogen) atoms. The van der Waals surface area contributed by atoms with Gasteiger partial charge in [0, 0.05) is 5.56 Å². The molecule has 0 unspecified atom stereocenters. The Morgan fingerprint density at radius 2 is 2.20 bits per heavy atom. The van der Waals surface area contributed by atoms with Gasteiger partial charge < -0.3 is 4.74 Å². The first kappa shape index (κ1) is 13.1. The second-order valence-electron chi connectivity index (χ2n) is 3.46. The largest absolute Gasteiger partial charge is 0.452 e. The van der Waals surface area contributed by atoms with E-state index in [1.54, 1.807) is 36.4 Å². The fraction of sp³-hybridized carbons (Fsp3) is 0.0833. The number of aromatic nitrogens is 2. The van der Waals surface area contributed by atoms with Gasteiger partial charge in [0.1, 0.15) is 12.1 Å². The number of hydrogen-bond acceptors (Lipinski definition) is 8. The van der Waals surface area contributed by atoms with Crippen molar-refractivity contribution in [2.24, 2.45) is 5.10 Å². The van der Waals surface area contributed by atoms with Gasteiger partial charge in [-0.3, -0.25) is 9.95 Å². The molecule has 0 bridgehead atoms. The third-order valence-electron chi connectivity index (χ3n) is 2.21. The van der Waals surface area contributed by atoms with Gasteiger partial charge in [-0.15, -0.1) is 0 Å². The van der Waals surface area contributed by atoms with E-state index in [-0.39, 0.29) is 11.8 Å². The number of nitrogens with one attached hydrogen (secondary N) is 1. The minimum atomic E-state index is -0.267. The number of rotatable bonds is 4. The molecule has 0 aliphatic heterocycles. The zero-order chi connectivity index (χ0) is 14.4. The summed E-state index contributed by atoms with van der Waals surface area (Å²) in [7, 11) is 1.43. The summed E-state index contributed by atoms with van der Waals surface area (Å²) < 4.78 is 9.63. The second kappa shape index (κ2) is 5.98. The molecule has 1 heterocycles. The van der Waals surface area contributed by atoms with Gasteiger partial charge in [0.15, 0.2) is 0 Å². The molecule has 1 aromatic carbocycles. The lowest BCUT2D eigenvalue weighted by atomic mass is 10.2. The van der Waals surface area contributed by atoms with Gasteiger partial charge in [-0.1, -0.05) is 17.3 Å². The Kier molecular flexibility index (Phi) is 3.90. The molecule has 98 valence electrons. The summed E-state index contributed by atoms with van der Waals surface area (Å²) >= 11 is 0. The number of anilines is 1. The zero-order valence-corrected chi connectivity index (χ0v) is 10.4. The average Bonchev–Trinajstić information content (AvgIpc) is 2.97. The van der Waals surface area contributed by atoms with Gasteiger partial charge in [-0.05, 0) is 12.1 Å². The molecule has 0 radical (unpaired) electrons. The van der Waals surface area contributed by atoms with Crippen LogP contribution < -0.4 is 10.2 Å². The highest BCUT2D eigenvalue weighted by Crippen LogP contribution is 2.21. The Hall–Kier alpha value is -3.39. The molecule has 2 rings (SSSR count). The normalized spacial score (nSPS) is 9.15. The minimum Gasteiger partial charge on any atom is -0.452 e. The van der Waals surface area contributed by atoms with Crippen LogP contribution in [0.5, 0.6) is 6.08 Å². The Morgan fingerprint density at radius 1 is 1.40 bits per heavy atom. The molecule has 0 aliphatic rings. The number of hydrazone groups is 1. The summed E-state index contributed by atoms with van der Waals surface area (Å²) in [6, 6.07) is 10.2. The van der Waals surface area contributed by atoms with Crippen molar-refractivity contribution < 1.29 is 9.26 Å². The van der Waals surface area contributed by atoms with Crippen LogP contribution in [0.4, 0.5) is 5.69 Å². The first-order chi connectivity index (χ1) is 9.76. The lowest BCUT2D eigenvalue weighted by molar-refractivity contribution is 0.250. The number of benzene rings is 1. The molecule has 1 N–H and O–H groups in total. The molecule has 8 heteroatoms. The third-order valence-corrected chi connectivity index (χ3v) is 2.21. The first-order valence-electron chi connectivity index (χ1n) is 5.39. The quantitative estimate of drug-likeness (QED) is 0.659. The summed E-state index contributed by atoms with van der Waals surface area (Å²) in [6.45, 7) is 0. The van der Waals surface area contributed by atoms with E-state index in [0.29, 0.717) is 17.1 Å². The number of nitriles is 2. The number of ether oxygens (including phenoxy) is 1. The van der Waals surface area contributed by atoms with Crippen LogP contribution in [0.2, 0.25) is 0 Å². The van der Waals surface area contributed by atoms with Crippen molar-refractivity contribution in [3.05, 3.63) is 24.3 Å². The Bertz CT molecular complexity index is 706. The van der Waals surface area contributed by atoms with Crippen LogP contribution in [-0.2, 0) is 0 Å². The lowest BCUT2D eigenvalue weighted by Gasteiger charge is -2.01. The molecule has 0 amide bonds. The second-order valence-corrected chi connectivity index (χ2v) is 3.46. The van der Waals surface area contributed by atoms with Crippen LogP contribution in [-0.4, -0.2) is 23.0 Å². The number of nitrogens with zero attached hydrogens (tertiary/aromatic N) is 5. The zero-order valence-electron chi connectivity index (χ0n) is 10.4. The van der Waals surface area contributed by atoms with E-state index in [2.05, 4.69) is 20.7 Å². The predicted octanol–water partition coefficient (Wildman–Crippen LogP) is 1.56. The molecule has 8 nitrogen and oxygen atoms in total. The van der Waals surface area contributed by atoms with E-state index in [9.17, 15) is 0 Å². The monoisotopic (exact) mass is 268 g/mol. The summed E-state index contributed by atoms with van der Waals surface area (Å²) in [5.41, 5.74) is 3.59. The van der Waals surface area contributed by atoms with Crippen LogP contribution in [0.3, 0.4) is 0 Å². The fourth-order valence-corrected chi connectivity index (χ4v) is 1.33. The standard InChI is InChI=1S/C12H8N6O2/c1-19-12-15-11(18-20-12)8-3-2-4-9(5-8)16-17-10(6-13)7-14/h2-5,16H,1H3. The van der Waals surface area contributed by atoms with E-state index >= 15 is 0 Å². The maximum atomic E-state index is 8.58. The van der Waals surface area contributed by atoms with Crippen LogP contribution in [0.15, 0.2) is 33.9 Å². The Labute approximate surface area is 113 Å². The van der Waals surface area contributed by atoms with E-state index < -0.39 is 0 Å². The number of methoxy groups -OCH3 is 1. The molecule has 0 saturated heterocycles. The van der Waals surface area contributed by atoms with Gasteiger partial charge >= 0.3 is 6.08 Å². The summed E-state index contributed by atoms with van der Waals surface area (Å²) in [6.07, 6.45) is 0.0626. The smallest absolute Gasteiger partial charge is 0.417 e. The van der Waals surface area contributed by atoms with Gasteiger partial charge in [0.25, 0.3) is 0 Å². The molecule has 0 atom stereocenters. The fourth-order valence-electron chi connectivity index (χ4n) is 1.33. The molecule has 2 aromatic rings. The van der Waals surface area contributed by atoms with Crippen molar-refractivity contribution >= 4 is 11.4 Å². The molecule has 0 fully saturated rings. The van der Waals surface area contributed by atoms with Crippen molar-refractivity contribution in [1.82, 2.24) is 10.1 Å². The van der Waals surface area contributed by atoms with E-state index in [1.807, 2.05) is 0 Å².